The maximum atomic E-state index is 5.32. The van der Waals surface area contributed by atoms with Crippen LogP contribution < -0.4 is 15.4 Å². The van der Waals surface area contributed by atoms with Crippen LogP contribution in [0, 0.1) is 0 Å². The molecular formula is C14H20IN5O. The first-order valence-corrected chi connectivity index (χ1v) is 6.38. The van der Waals surface area contributed by atoms with E-state index in [2.05, 4.69) is 25.8 Å². The molecule has 2 rings (SSSR count). The quantitative estimate of drug-likeness (QED) is 0.407. The Balaban J connectivity index is 0.00000220. The predicted octanol–water partition coefficient (Wildman–Crippen LogP) is 1.90. The number of aromatic nitrogens is 2. The Morgan fingerprint density at radius 3 is 2.67 bits per heavy atom. The van der Waals surface area contributed by atoms with Gasteiger partial charge < -0.3 is 15.4 Å². The third kappa shape index (κ3) is 5.25. The summed E-state index contributed by atoms with van der Waals surface area (Å²) in [5, 5.41) is 13.2. The molecule has 0 aliphatic carbocycles. The van der Waals surface area contributed by atoms with E-state index in [0.717, 1.165) is 23.0 Å². The molecule has 6 nitrogen and oxygen atoms in total. The molecule has 21 heavy (non-hydrogen) atoms. The van der Waals surface area contributed by atoms with Gasteiger partial charge in [-0.05, 0) is 12.1 Å². The fourth-order valence-corrected chi connectivity index (χ4v) is 1.81. The third-order valence-electron chi connectivity index (χ3n) is 2.87. The van der Waals surface area contributed by atoms with Crippen LogP contribution in [0.25, 0.3) is 0 Å². The fraction of sp³-hybridized carbons (Fsp3) is 0.286. The van der Waals surface area contributed by atoms with Crippen molar-refractivity contribution in [1.82, 2.24) is 20.8 Å². The smallest absolute Gasteiger partial charge is 0.191 e. The van der Waals surface area contributed by atoms with E-state index in [1.165, 1.54) is 0 Å². The molecule has 0 spiro atoms. The summed E-state index contributed by atoms with van der Waals surface area (Å²) in [5.74, 6) is 1.59. The van der Waals surface area contributed by atoms with Crippen LogP contribution in [0.3, 0.4) is 0 Å². The highest BCUT2D eigenvalue weighted by molar-refractivity contribution is 14.0. The van der Waals surface area contributed by atoms with Gasteiger partial charge in [0.25, 0.3) is 0 Å². The summed E-state index contributed by atoms with van der Waals surface area (Å²) in [5.41, 5.74) is 2.09. The first kappa shape index (κ1) is 17.3. The number of hydrogen-bond donors (Lipinski definition) is 3. The second-order valence-corrected chi connectivity index (χ2v) is 4.17. The van der Waals surface area contributed by atoms with Crippen molar-refractivity contribution in [2.24, 2.45) is 4.99 Å². The van der Waals surface area contributed by atoms with E-state index < -0.39 is 0 Å². The predicted molar refractivity (Wildman–Crippen MR) is 94.0 cm³/mol. The number of H-pyrrole nitrogens is 1. The summed E-state index contributed by atoms with van der Waals surface area (Å²) in [7, 11) is 3.41. The number of hydrogen-bond acceptors (Lipinski definition) is 3. The molecule has 114 valence electrons. The average Bonchev–Trinajstić information content (AvgIpc) is 3.01. The Kier molecular flexibility index (Phi) is 7.59. The lowest BCUT2D eigenvalue weighted by atomic mass is 10.2. The zero-order valence-corrected chi connectivity index (χ0v) is 14.4. The van der Waals surface area contributed by atoms with Gasteiger partial charge in [-0.15, -0.1) is 24.0 Å². The molecule has 0 fully saturated rings. The lowest BCUT2D eigenvalue weighted by molar-refractivity contribution is 0.409. The van der Waals surface area contributed by atoms with Crippen LogP contribution in [0.2, 0.25) is 0 Å². The Morgan fingerprint density at radius 2 is 2.00 bits per heavy atom. The third-order valence-corrected chi connectivity index (χ3v) is 2.87. The number of aromatic amines is 1. The van der Waals surface area contributed by atoms with Crippen LogP contribution >= 0.6 is 24.0 Å². The largest absolute Gasteiger partial charge is 0.496 e. The summed E-state index contributed by atoms with van der Waals surface area (Å²) in [6.45, 7) is 1.29. The number of nitrogens with zero attached hydrogens (tertiary/aromatic N) is 2. The van der Waals surface area contributed by atoms with Crippen molar-refractivity contribution in [3.63, 3.8) is 0 Å². The minimum Gasteiger partial charge on any atom is -0.496 e. The fourth-order valence-electron chi connectivity index (χ4n) is 1.81. The number of halogens is 1. The molecule has 0 saturated heterocycles. The number of benzene rings is 1. The summed E-state index contributed by atoms with van der Waals surface area (Å²) >= 11 is 0. The molecule has 0 unspecified atom stereocenters. The zero-order valence-electron chi connectivity index (χ0n) is 12.1. The lowest BCUT2D eigenvalue weighted by Crippen LogP contribution is -2.36. The van der Waals surface area contributed by atoms with E-state index in [1.807, 2.05) is 30.3 Å². The number of ether oxygens (including phenoxy) is 1. The van der Waals surface area contributed by atoms with E-state index >= 15 is 0 Å². The number of aliphatic imine (C=N–C) groups is 1. The standard InChI is InChI=1S/C14H19N5O.HI/c1-15-14(17-10-12-7-8-18-19-12)16-9-11-5-3-4-6-13(11)20-2;/h3-8H,9-10H2,1-2H3,(H,18,19)(H2,15,16,17);1H. The molecule has 1 aromatic heterocycles. The van der Waals surface area contributed by atoms with Crippen molar-refractivity contribution in [2.75, 3.05) is 14.2 Å². The topological polar surface area (TPSA) is 74.3 Å². The van der Waals surface area contributed by atoms with Crippen LogP contribution in [-0.2, 0) is 13.1 Å². The molecule has 0 radical (unpaired) electrons. The van der Waals surface area contributed by atoms with Gasteiger partial charge in [-0.25, -0.2) is 0 Å². The van der Waals surface area contributed by atoms with Crippen molar-refractivity contribution in [2.45, 2.75) is 13.1 Å². The van der Waals surface area contributed by atoms with E-state index in [-0.39, 0.29) is 24.0 Å². The Bertz CT molecular complexity index is 556. The van der Waals surface area contributed by atoms with Crippen LogP contribution in [0.15, 0.2) is 41.5 Å². The molecular weight excluding hydrogens is 381 g/mol. The van der Waals surface area contributed by atoms with Gasteiger partial charge in [0.15, 0.2) is 5.96 Å². The highest BCUT2D eigenvalue weighted by Crippen LogP contribution is 2.16. The van der Waals surface area contributed by atoms with Crippen LogP contribution in [0.5, 0.6) is 5.75 Å². The van der Waals surface area contributed by atoms with Crippen molar-refractivity contribution in [3.8, 4) is 5.75 Å². The van der Waals surface area contributed by atoms with Crippen LogP contribution in [-0.4, -0.2) is 30.3 Å². The maximum Gasteiger partial charge on any atom is 0.191 e. The van der Waals surface area contributed by atoms with E-state index in [0.29, 0.717) is 13.1 Å². The molecule has 0 aliphatic heterocycles. The van der Waals surface area contributed by atoms with Gasteiger partial charge in [-0.1, -0.05) is 18.2 Å². The summed E-state index contributed by atoms with van der Waals surface area (Å²) < 4.78 is 5.32. The highest BCUT2D eigenvalue weighted by Gasteiger charge is 2.03. The Morgan fingerprint density at radius 1 is 1.24 bits per heavy atom. The minimum absolute atomic E-state index is 0. The number of methoxy groups -OCH3 is 1. The number of guanidine groups is 1. The molecule has 0 aliphatic rings. The van der Waals surface area contributed by atoms with Gasteiger partial charge in [0, 0.05) is 25.4 Å². The molecule has 2 aromatic rings. The van der Waals surface area contributed by atoms with Gasteiger partial charge in [0.05, 0.1) is 19.3 Å². The SMILES string of the molecule is CN=C(NCc1ccn[nH]1)NCc1ccccc1OC.I. The van der Waals surface area contributed by atoms with Crippen LogP contribution in [0.4, 0.5) is 0 Å². The molecule has 0 saturated carbocycles. The van der Waals surface area contributed by atoms with Gasteiger partial charge in [-0.2, -0.15) is 5.10 Å². The van der Waals surface area contributed by atoms with E-state index in [9.17, 15) is 0 Å². The van der Waals surface area contributed by atoms with E-state index in [4.69, 9.17) is 4.74 Å². The van der Waals surface area contributed by atoms with Crippen molar-refractivity contribution >= 4 is 29.9 Å². The second kappa shape index (κ2) is 9.22. The zero-order chi connectivity index (χ0) is 14.2. The minimum atomic E-state index is 0. The van der Waals surface area contributed by atoms with E-state index in [1.54, 1.807) is 20.4 Å². The molecule has 0 bridgehead atoms. The number of rotatable bonds is 5. The summed E-state index contributed by atoms with van der Waals surface area (Å²) in [6, 6.07) is 9.82. The lowest BCUT2D eigenvalue weighted by Gasteiger charge is -2.13. The normalized spacial score (nSPS) is 10.7. The van der Waals surface area contributed by atoms with Gasteiger partial charge in [0.2, 0.25) is 0 Å². The molecule has 0 atom stereocenters. The highest BCUT2D eigenvalue weighted by atomic mass is 127. The molecule has 3 N–H and O–H groups in total. The van der Waals surface area contributed by atoms with Gasteiger partial charge in [0.1, 0.15) is 5.75 Å². The molecule has 7 heteroatoms. The molecule has 1 heterocycles. The van der Waals surface area contributed by atoms with Crippen LogP contribution in [0.1, 0.15) is 11.3 Å². The van der Waals surface area contributed by atoms with Crippen molar-refractivity contribution in [3.05, 3.63) is 47.8 Å². The number of para-hydroxylation sites is 1. The first-order valence-electron chi connectivity index (χ1n) is 6.38. The summed E-state index contributed by atoms with van der Waals surface area (Å²) in [6.07, 6.45) is 1.72. The molecule has 1 aromatic carbocycles. The van der Waals surface area contributed by atoms with Crippen molar-refractivity contribution in [1.29, 1.82) is 0 Å². The summed E-state index contributed by atoms with van der Waals surface area (Å²) in [4.78, 5) is 4.18. The number of nitrogens with one attached hydrogen (secondary N) is 3. The van der Waals surface area contributed by atoms with Crippen molar-refractivity contribution < 1.29 is 4.74 Å². The second-order valence-electron chi connectivity index (χ2n) is 4.17. The average molecular weight is 401 g/mol. The monoisotopic (exact) mass is 401 g/mol. The maximum absolute atomic E-state index is 5.32. The molecule has 0 amide bonds. The Labute approximate surface area is 141 Å². The van der Waals surface area contributed by atoms with Gasteiger partial charge >= 0.3 is 0 Å². The van der Waals surface area contributed by atoms with Gasteiger partial charge in [-0.3, -0.25) is 10.1 Å². The first-order chi connectivity index (χ1) is 9.83. The Hall–Kier alpha value is -1.77.